The van der Waals surface area contributed by atoms with Gasteiger partial charge in [0, 0.05) is 25.6 Å². The lowest BCUT2D eigenvalue weighted by Gasteiger charge is -2.29. The van der Waals surface area contributed by atoms with E-state index in [9.17, 15) is 4.79 Å². The summed E-state index contributed by atoms with van der Waals surface area (Å²) < 4.78 is 7.20. The lowest BCUT2D eigenvalue weighted by molar-refractivity contribution is 0.0654. The standard InChI is InChI=1S/C14H23N5O2/c1-4-18(5-2)11-6-19(12-8-21-7-10(11)12)14(20)13-15-9-17(3)16-13/h9-12H,4-8H2,1-3H3/t10-,11-,12-/m1/s1. The van der Waals surface area contributed by atoms with Gasteiger partial charge in [-0.2, -0.15) is 0 Å². The number of hydrogen-bond acceptors (Lipinski definition) is 5. The molecular formula is C14H23N5O2. The van der Waals surface area contributed by atoms with Gasteiger partial charge in [0.15, 0.2) is 0 Å². The summed E-state index contributed by atoms with van der Waals surface area (Å²) in [4.78, 5) is 21.1. The summed E-state index contributed by atoms with van der Waals surface area (Å²) in [6.07, 6.45) is 1.56. The van der Waals surface area contributed by atoms with Crippen molar-refractivity contribution in [2.75, 3.05) is 32.8 Å². The fourth-order valence-corrected chi connectivity index (χ4v) is 3.60. The quantitative estimate of drug-likeness (QED) is 0.782. The highest BCUT2D eigenvalue weighted by atomic mass is 16.5. The summed E-state index contributed by atoms with van der Waals surface area (Å²) >= 11 is 0. The number of ether oxygens (including phenoxy) is 1. The number of fused-ring (bicyclic) bond motifs is 1. The second-order valence-electron chi connectivity index (χ2n) is 5.76. The highest BCUT2D eigenvalue weighted by Gasteiger charge is 2.49. The third-order valence-corrected chi connectivity index (χ3v) is 4.70. The van der Waals surface area contributed by atoms with E-state index in [1.165, 1.54) is 0 Å². The van der Waals surface area contributed by atoms with Gasteiger partial charge >= 0.3 is 0 Å². The maximum atomic E-state index is 12.7. The van der Waals surface area contributed by atoms with E-state index in [4.69, 9.17) is 4.74 Å². The molecule has 2 aliphatic rings. The maximum Gasteiger partial charge on any atom is 0.293 e. The van der Waals surface area contributed by atoms with Crippen LogP contribution in [0.4, 0.5) is 0 Å². The summed E-state index contributed by atoms with van der Waals surface area (Å²) in [5.74, 6) is 0.603. The predicted molar refractivity (Wildman–Crippen MR) is 76.8 cm³/mol. The van der Waals surface area contributed by atoms with Gasteiger partial charge in [-0.25, -0.2) is 4.98 Å². The van der Waals surface area contributed by atoms with E-state index in [-0.39, 0.29) is 17.8 Å². The minimum atomic E-state index is -0.0780. The number of likely N-dealkylation sites (N-methyl/N-ethyl adjacent to an activating group) is 1. The molecule has 1 aromatic rings. The molecule has 21 heavy (non-hydrogen) atoms. The van der Waals surface area contributed by atoms with Crippen LogP contribution in [0.5, 0.6) is 0 Å². The Balaban J connectivity index is 1.81. The van der Waals surface area contributed by atoms with Crippen molar-refractivity contribution in [2.24, 2.45) is 13.0 Å². The van der Waals surface area contributed by atoms with E-state index in [1.54, 1.807) is 18.1 Å². The first kappa shape index (κ1) is 14.5. The lowest BCUT2D eigenvalue weighted by Crippen LogP contribution is -2.42. The van der Waals surface area contributed by atoms with Crippen LogP contribution in [0.15, 0.2) is 6.33 Å². The fourth-order valence-electron chi connectivity index (χ4n) is 3.60. The zero-order valence-electron chi connectivity index (χ0n) is 12.9. The van der Waals surface area contributed by atoms with E-state index in [0.29, 0.717) is 18.6 Å². The van der Waals surface area contributed by atoms with Gasteiger partial charge in [-0.1, -0.05) is 13.8 Å². The Kier molecular flexibility index (Phi) is 3.95. The van der Waals surface area contributed by atoms with Crippen molar-refractivity contribution in [3.05, 3.63) is 12.2 Å². The molecule has 1 aromatic heterocycles. The van der Waals surface area contributed by atoms with Crippen molar-refractivity contribution < 1.29 is 9.53 Å². The molecule has 3 heterocycles. The molecule has 0 N–H and O–H groups in total. The highest BCUT2D eigenvalue weighted by molar-refractivity contribution is 5.91. The van der Waals surface area contributed by atoms with Crippen molar-refractivity contribution >= 4 is 5.91 Å². The highest BCUT2D eigenvalue weighted by Crippen LogP contribution is 2.33. The molecule has 2 aliphatic heterocycles. The molecule has 7 nitrogen and oxygen atoms in total. The summed E-state index contributed by atoms with van der Waals surface area (Å²) in [7, 11) is 1.77. The molecule has 3 atom stereocenters. The van der Waals surface area contributed by atoms with Gasteiger partial charge in [-0.15, -0.1) is 5.10 Å². The molecule has 116 valence electrons. The number of likely N-dealkylation sites (tertiary alicyclic amines) is 1. The molecule has 0 unspecified atom stereocenters. The third-order valence-electron chi connectivity index (χ3n) is 4.70. The van der Waals surface area contributed by atoms with Gasteiger partial charge in [-0.3, -0.25) is 14.4 Å². The summed E-state index contributed by atoms with van der Waals surface area (Å²) in [6, 6.07) is 0.534. The Morgan fingerprint density at radius 1 is 1.43 bits per heavy atom. The molecule has 0 aromatic carbocycles. The van der Waals surface area contributed by atoms with Crippen molar-refractivity contribution in [3.63, 3.8) is 0 Å². The summed E-state index contributed by atoms with van der Waals surface area (Å²) in [5, 5.41) is 4.14. The average molecular weight is 293 g/mol. The number of aromatic nitrogens is 3. The fraction of sp³-hybridized carbons (Fsp3) is 0.786. The van der Waals surface area contributed by atoms with E-state index in [0.717, 1.165) is 26.2 Å². The van der Waals surface area contributed by atoms with Crippen molar-refractivity contribution in [2.45, 2.75) is 25.9 Å². The molecule has 1 amide bonds. The number of hydrogen-bond donors (Lipinski definition) is 0. The Morgan fingerprint density at radius 3 is 2.81 bits per heavy atom. The van der Waals surface area contributed by atoms with Crippen LogP contribution in [0.2, 0.25) is 0 Å². The Hall–Kier alpha value is -1.47. The van der Waals surface area contributed by atoms with Crippen LogP contribution in [0.1, 0.15) is 24.5 Å². The Bertz CT molecular complexity index is 513. The van der Waals surface area contributed by atoms with Crippen LogP contribution < -0.4 is 0 Å². The number of aryl methyl sites for hydroxylation is 1. The van der Waals surface area contributed by atoms with E-state index < -0.39 is 0 Å². The minimum absolute atomic E-state index is 0.0780. The van der Waals surface area contributed by atoms with Gasteiger partial charge in [0.2, 0.25) is 5.82 Å². The van der Waals surface area contributed by atoms with Gasteiger partial charge in [0.05, 0.1) is 19.3 Å². The molecule has 0 radical (unpaired) electrons. The molecule has 0 aliphatic carbocycles. The molecular weight excluding hydrogens is 270 g/mol. The van der Waals surface area contributed by atoms with Crippen molar-refractivity contribution in [1.82, 2.24) is 24.6 Å². The van der Waals surface area contributed by atoms with Crippen LogP contribution in [0.25, 0.3) is 0 Å². The molecule has 0 saturated carbocycles. The normalized spacial score (nSPS) is 28.4. The maximum absolute atomic E-state index is 12.7. The van der Waals surface area contributed by atoms with Crippen molar-refractivity contribution in [3.8, 4) is 0 Å². The van der Waals surface area contributed by atoms with Gasteiger partial charge in [0.1, 0.15) is 6.33 Å². The molecule has 7 heteroatoms. The lowest BCUT2D eigenvalue weighted by atomic mass is 9.98. The number of carbonyl (C=O) groups excluding carboxylic acids is 1. The van der Waals surface area contributed by atoms with E-state index in [1.807, 2.05) is 4.90 Å². The van der Waals surface area contributed by atoms with Crippen LogP contribution in [0, 0.1) is 5.92 Å². The second-order valence-corrected chi connectivity index (χ2v) is 5.76. The van der Waals surface area contributed by atoms with Crippen LogP contribution in [-0.2, 0) is 11.8 Å². The molecule has 0 bridgehead atoms. The first-order chi connectivity index (χ1) is 10.2. The second kappa shape index (κ2) is 5.73. The molecule has 3 rings (SSSR count). The van der Waals surface area contributed by atoms with Gasteiger partial charge in [-0.05, 0) is 13.1 Å². The van der Waals surface area contributed by atoms with Gasteiger partial charge < -0.3 is 9.64 Å². The SMILES string of the molecule is CCN(CC)[C@@H]1CN(C(=O)c2ncn(C)n2)[C@@H]2COC[C@H]12. The van der Waals surface area contributed by atoms with Crippen LogP contribution in [-0.4, -0.2) is 75.4 Å². The van der Waals surface area contributed by atoms with Crippen LogP contribution >= 0.6 is 0 Å². The largest absolute Gasteiger partial charge is 0.379 e. The number of amides is 1. The molecule has 0 spiro atoms. The first-order valence-corrected chi connectivity index (χ1v) is 7.64. The molecule has 2 fully saturated rings. The average Bonchev–Trinajstić information content (AvgIpc) is 3.16. The minimum Gasteiger partial charge on any atom is -0.379 e. The summed E-state index contributed by atoms with van der Waals surface area (Å²) in [5.41, 5.74) is 0. The zero-order chi connectivity index (χ0) is 15.0. The number of carbonyl (C=O) groups is 1. The van der Waals surface area contributed by atoms with E-state index >= 15 is 0 Å². The third kappa shape index (κ3) is 2.44. The van der Waals surface area contributed by atoms with E-state index in [2.05, 4.69) is 28.8 Å². The number of nitrogens with zero attached hydrogens (tertiary/aromatic N) is 5. The number of rotatable bonds is 4. The van der Waals surface area contributed by atoms with Crippen molar-refractivity contribution in [1.29, 1.82) is 0 Å². The monoisotopic (exact) mass is 293 g/mol. The topological polar surface area (TPSA) is 63.5 Å². The molecule has 2 saturated heterocycles. The van der Waals surface area contributed by atoms with Crippen LogP contribution in [0.3, 0.4) is 0 Å². The zero-order valence-corrected chi connectivity index (χ0v) is 12.9. The predicted octanol–water partition coefficient (Wildman–Crippen LogP) is -0.00370. The smallest absolute Gasteiger partial charge is 0.293 e. The first-order valence-electron chi connectivity index (χ1n) is 7.64. The Labute approximate surface area is 124 Å². The van der Waals surface area contributed by atoms with Gasteiger partial charge in [0.25, 0.3) is 5.91 Å². The summed E-state index contributed by atoms with van der Waals surface area (Å²) in [6.45, 7) is 8.43. The Morgan fingerprint density at radius 2 is 2.19 bits per heavy atom.